The Morgan fingerprint density at radius 2 is 0.638 bits per heavy atom. The Kier molecular flexibility index (Phi) is 37.4. The first-order chi connectivity index (χ1) is 59.7. The minimum absolute atomic E-state index is 0.838. The van der Waals surface area contributed by atoms with E-state index in [0.717, 1.165) is 34.6 Å². The maximum absolute atomic E-state index is 13.4. The zero-order chi connectivity index (χ0) is 94.4. The molecule has 732 valence electrons. The van der Waals surface area contributed by atoms with Crippen LogP contribution in [0.1, 0.15) is 47.5 Å². The van der Waals surface area contributed by atoms with Crippen LogP contribution in [0.25, 0.3) is 0 Å². The highest BCUT2D eigenvalue weighted by atomic mass is 16.8. The maximum atomic E-state index is 13.4. The number of rotatable bonds is 36. The van der Waals surface area contributed by atoms with Gasteiger partial charge >= 0.3 is 11.9 Å². The van der Waals surface area contributed by atoms with E-state index in [4.69, 9.17) is 80.5 Å². The fourth-order valence-electron chi connectivity index (χ4n) is 16.3. The number of carboxylic acids is 2. The fraction of sp³-hybridized carbons (Fsp3) is 0.900. The summed E-state index contributed by atoms with van der Waals surface area (Å²) in [6.45, 7) is -6.66. The van der Waals surface area contributed by atoms with E-state index in [1.165, 1.54) is 0 Å². The molecule has 0 aromatic heterocycles. The molecule has 9 heterocycles. The number of amides is 5. The standard InChI is InChI=1S/C70H115N5O52/c1-17(84)71-33-22(89)6-69(67(107)108,125-55(33)38(93)24(91)8-76)111-16-32-40(95)46(101)47(102)63(118-32)120-52-29(13-81)116-62(37(45(52)100)75-21(5)88)124-59-48(103)54(31(15-83)117-66(59)123-57-41(96)26(10-78)113-64(49(57)104)121-51-28(12-80)112-60(106)35(43(51)98)73-19(3)86)119-61-36(74-20(4)87)44(99)53(30(14-82)115-61)122-65-50(105)58(42(97)27(11-79)114-65)127-70(68(109)110)7-23(90)34(72-18(2)85)56(126-70)39(94)25(92)9-77/h22-66,76-83,89-106H,6-16H2,1-5H3,(H,71,84)(H,72,85)(H,73,86)(H,74,87)(H,75,88)(H,107,108)(H,109,110)/t22-,23-,24+,25+,26+,27+,28+,29+,30+,31+,32+,33+,34+,35+,36+,37+,38+,39+,40-,41+,42-,43+,44+,45+,46-,47+,48-,49-,50+,51+,52+,53+,54+,55+,56+,57-,58-,59-,60?,61-,62-,63-,64-,65-,66-,69+,70-/m0/s1. The minimum atomic E-state index is -3.33. The van der Waals surface area contributed by atoms with Crippen molar-refractivity contribution < 1.29 is 257 Å². The molecule has 57 heteroatoms. The topological polar surface area (TPSA) is 903 Å². The molecule has 57 nitrogen and oxygen atoms in total. The van der Waals surface area contributed by atoms with Crippen molar-refractivity contribution in [2.24, 2.45) is 0 Å². The van der Waals surface area contributed by atoms with Crippen LogP contribution < -0.4 is 26.6 Å². The van der Waals surface area contributed by atoms with Gasteiger partial charge in [0.15, 0.2) is 44.0 Å². The number of ether oxygens (including phenoxy) is 17. The number of aliphatic carboxylic acids is 2. The molecular formula is C70H115N5O52. The van der Waals surface area contributed by atoms with Crippen LogP contribution in [0.3, 0.4) is 0 Å². The summed E-state index contributed by atoms with van der Waals surface area (Å²) in [5.41, 5.74) is 0. The van der Waals surface area contributed by atoms with Gasteiger partial charge in [-0.05, 0) is 0 Å². The van der Waals surface area contributed by atoms with Crippen molar-refractivity contribution >= 4 is 41.5 Å². The Morgan fingerprint density at radius 1 is 0.323 bits per heavy atom. The SMILES string of the molecule is CC(=O)N[C@H]1[C@H](O[C@@H]2[C@H](O[C@@H]3[C@H](O)[C@H](O[C@H]4[C@H](O)[C@@H](NC(C)=O)C(O)O[C@@H]4CO)O[C@H](CO)[C@H]3O)O[C@H](CO)[C@@H](O[C@@H]3O[C@H](CO)[C@@H](O[C@@H]4O[C@H](CO)[C@H](O)[C@H](O[C@]5(C(=O)O)C[C@H](O)[C@@H](NC(C)=O)[C@H]([C@H](O)[C@H](O)CO)O5)[C@H]4O)[C@H](O)[C@H]3NC(C)=O)[C@@H]2O)O[C@H](CO)[C@@H](O[C@@H]2O[C@H](CO[C@]3(C(=O)O)C[C@H](O)[C@@H](NC(C)=O)[C@H]([C@H](O)[C@H](O)CO)O3)[C@H](O)[C@H](O)[C@H]2O)[C@@H]1O. The van der Waals surface area contributed by atoms with Gasteiger partial charge < -0.3 is 250 Å². The average molecular weight is 1860 g/mol. The van der Waals surface area contributed by atoms with Crippen LogP contribution in [0.15, 0.2) is 0 Å². The summed E-state index contributed by atoms with van der Waals surface area (Å²) < 4.78 is 100. The highest BCUT2D eigenvalue weighted by molar-refractivity contribution is 5.78. The first-order valence-corrected chi connectivity index (χ1v) is 39.9. The third-order valence-corrected chi connectivity index (χ3v) is 22.7. The van der Waals surface area contributed by atoms with Crippen LogP contribution in [0.4, 0.5) is 0 Å². The van der Waals surface area contributed by atoms with Gasteiger partial charge in [-0.25, -0.2) is 9.59 Å². The van der Waals surface area contributed by atoms with E-state index in [1.54, 1.807) is 0 Å². The summed E-state index contributed by atoms with van der Waals surface area (Å²) in [5.74, 6) is -15.5. The van der Waals surface area contributed by atoms with E-state index >= 15 is 0 Å². The van der Waals surface area contributed by atoms with Gasteiger partial charge in [0.2, 0.25) is 29.5 Å². The van der Waals surface area contributed by atoms with Gasteiger partial charge in [-0.1, -0.05) is 0 Å². The van der Waals surface area contributed by atoms with Crippen LogP contribution in [0.5, 0.6) is 0 Å². The second-order valence-electron chi connectivity index (χ2n) is 31.7. The summed E-state index contributed by atoms with van der Waals surface area (Å²) >= 11 is 0. The average Bonchev–Trinajstić information content (AvgIpc) is 0.764. The van der Waals surface area contributed by atoms with Gasteiger partial charge in [-0.2, -0.15) is 0 Å². The molecule has 9 aliphatic rings. The van der Waals surface area contributed by atoms with Gasteiger partial charge in [0.05, 0.1) is 83.8 Å². The molecule has 0 aliphatic carbocycles. The molecule has 33 N–H and O–H groups in total. The van der Waals surface area contributed by atoms with Gasteiger partial charge in [0.1, 0.15) is 207 Å². The quantitative estimate of drug-likeness (QED) is 0.0277. The number of nitrogens with one attached hydrogen (secondary N) is 5. The maximum Gasteiger partial charge on any atom is 0.364 e. The largest absolute Gasteiger partial charge is 0.477 e. The molecule has 5 amide bonds. The molecule has 0 aromatic carbocycles. The highest BCUT2D eigenvalue weighted by Gasteiger charge is 2.65. The monoisotopic (exact) mass is 1860 g/mol. The third-order valence-electron chi connectivity index (χ3n) is 22.7. The molecule has 0 radical (unpaired) electrons. The summed E-state index contributed by atoms with van der Waals surface area (Å²) in [5, 5.41) is 324. The lowest BCUT2D eigenvalue weighted by atomic mass is 9.88. The number of aliphatic hydroxyl groups is 26. The molecule has 9 fully saturated rings. The van der Waals surface area contributed by atoms with E-state index in [9.17, 15) is 177 Å². The number of carbonyl (C=O) groups is 7. The third kappa shape index (κ3) is 23.3. The minimum Gasteiger partial charge on any atom is -0.477 e. The number of carboxylic acid groups (broad SMARTS) is 2. The number of hydrogen-bond acceptors (Lipinski definition) is 50. The van der Waals surface area contributed by atoms with Crippen LogP contribution in [-0.2, 0) is 114 Å². The van der Waals surface area contributed by atoms with Gasteiger partial charge in [-0.15, -0.1) is 0 Å². The van der Waals surface area contributed by atoms with Crippen LogP contribution in [0.2, 0.25) is 0 Å². The first kappa shape index (κ1) is 105. The second kappa shape index (κ2) is 45.1. The van der Waals surface area contributed by atoms with Gasteiger partial charge in [-0.3, -0.25) is 24.0 Å². The highest BCUT2D eigenvalue weighted by Crippen LogP contribution is 2.43. The molecule has 9 rings (SSSR count). The Balaban J connectivity index is 1.04. The number of aliphatic hydroxyl groups excluding tert-OH is 26. The molecule has 0 spiro atoms. The van der Waals surface area contributed by atoms with Crippen molar-refractivity contribution in [3.8, 4) is 0 Å². The molecule has 0 bridgehead atoms. The van der Waals surface area contributed by atoms with Crippen molar-refractivity contribution in [2.45, 2.75) is 335 Å². The number of carbonyl (C=O) groups excluding carboxylic acids is 5. The zero-order valence-corrected chi connectivity index (χ0v) is 68.1. The Morgan fingerprint density at radius 3 is 1.05 bits per heavy atom. The van der Waals surface area contributed by atoms with Crippen molar-refractivity contribution in [3.05, 3.63) is 0 Å². The molecule has 0 saturated carbocycles. The molecule has 9 aliphatic heterocycles. The first-order valence-electron chi connectivity index (χ1n) is 39.9. The van der Waals surface area contributed by atoms with Gasteiger partial charge in [0.25, 0.3) is 11.6 Å². The van der Waals surface area contributed by atoms with Gasteiger partial charge in [0, 0.05) is 47.5 Å². The van der Waals surface area contributed by atoms with Crippen molar-refractivity contribution in [3.63, 3.8) is 0 Å². The normalized spacial score (nSPS) is 45.5. The Bertz CT molecular complexity index is 3580. The zero-order valence-electron chi connectivity index (χ0n) is 68.1. The molecule has 9 saturated heterocycles. The number of hydrogen-bond donors (Lipinski definition) is 33. The molecule has 0 aromatic rings. The van der Waals surface area contributed by atoms with Crippen LogP contribution in [0, 0.1) is 0 Å². The lowest BCUT2D eigenvalue weighted by molar-refractivity contribution is -0.405. The van der Waals surface area contributed by atoms with E-state index < -0.39 is 401 Å². The summed E-state index contributed by atoms with van der Waals surface area (Å²) in [7, 11) is 0. The summed E-state index contributed by atoms with van der Waals surface area (Å²) in [6.07, 6.45) is -92.8. The lowest BCUT2D eigenvalue weighted by Crippen LogP contribution is -2.72. The predicted molar refractivity (Wildman–Crippen MR) is 389 cm³/mol. The van der Waals surface area contributed by atoms with E-state index in [1.807, 2.05) is 0 Å². The van der Waals surface area contributed by atoms with Crippen molar-refractivity contribution in [2.75, 3.05) is 59.5 Å². The fourth-order valence-corrected chi connectivity index (χ4v) is 16.3. The van der Waals surface area contributed by atoms with E-state index in [0.29, 0.717) is 0 Å². The lowest BCUT2D eigenvalue weighted by Gasteiger charge is -2.52. The molecule has 1 unspecified atom stereocenters. The van der Waals surface area contributed by atoms with Crippen LogP contribution >= 0.6 is 0 Å². The van der Waals surface area contributed by atoms with E-state index in [-0.39, 0.29) is 0 Å². The second-order valence-corrected chi connectivity index (χ2v) is 31.7. The predicted octanol–water partition coefficient (Wildman–Crippen LogP) is -21.5. The van der Waals surface area contributed by atoms with Crippen molar-refractivity contribution in [1.29, 1.82) is 0 Å². The Hall–Kier alpha value is -5.43. The van der Waals surface area contributed by atoms with Crippen LogP contribution in [-0.4, -0.2) is 531 Å². The van der Waals surface area contributed by atoms with E-state index in [2.05, 4.69) is 26.6 Å². The smallest absolute Gasteiger partial charge is 0.364 e. The molecule has 127 heavy (non-hydrogen) atoms. The molecular weight excluding hydrogens is 1740 g/mol. The van der Waals surface area contributed by atoms with Crippen molar-refractivity contribution in [1.82, 2.24) is 26.6 Å². The summed E-state index contributed by atoms with van der Waals surface area (Å²) in [4.78, 5) is 89.7. The summed E-state index contributed by atoms with van der Waals surface area (Å²) in [6, 6.07) is -9.54. The Labute approximate surface area is 717 Å². The molecule has 47 atom stereocenters.